The maximum atomic E-state index is 11.5. The van der Waals surface area contributed by atoms with Crippen LogP contribution in [0.1, 0.15) is 36.0 Å². The third kappa shape index (κ3) is 2.69. The molecule has 0 aliphatic heterocycles. The zero-order valence-electron chi connectivity index (χ0n) is 9.86. The number of esters is 1. The van der Waals surface area contributed by atoms with Crippen LogP contribution < -0.4 is 11.1 Å². The molecule has 0 spiro atoms. The Morgan fingerprint density at radius 3 is 2.94 bits per heavy atom. The van der Waals surface area contributed by atoms with E-state index < -0.39 is 5.97 Å². The van der Waals surface area contributed by atoms with Crippen molar-refractivity contribution >= 4 is 28.3 Å². The predicted octanol–water partition coefficient (Wildman–Crippen LogP) is 2.11. The Kier molecular flexibility index (Phi) is 3.83. The van der Waals surface area contributed by atoms with Gasteiger partial charge in [0, 0.05) is 6.54 Å². The van der Waals surface area contributed by atoms with Gasteiger partial charge in [0.1, 0.15) is 10.6 Å². The number of anilines is 2. The Balaban J connectivity index is 2.02. The summed E-state index contributed by atoms with van der Waals surface area (Å²) in [6.07, 6.45) is 5.13. The second kappa shape index (κ2) is 5.35. The van der Waals surface area contributed by atoms with Gasteiger partial charge in [-0.2, -0.15) is 4.37 Å². The summed E-state index contributed by atoms with van der Waals surface area (Å²) in [5.74, 6) is 0.518. The third-order valence-electron chi connectivity index (χ3n) is 3.13. The van der Waals surface area contributed by atoms with Crippen LogP contribution in [0, 0.1) is 5.92 Å². The van der Waals surface area contributed by atoms with E-state index in [-0.39, 0.29) is 5.82 Å². The molecule has 1 aromatic rings. The minimum Gasteiger partial charge on any atom is -0.465 e. The topological polar surface area (TPSA) is 77.2 Å². The van der Waals surface area contributed by atoms with E-state index in [1.54, 1.807) is 0 Å². The van der Waals surface area contributed by atoms with Gasteiger partial charge in [-0.05, 0) is 30.3 Å². The van der Waals surface area contributed by atoms with Gasteiger partial charge in [0.15, 0.2) is 5.82 Å². The minimum atomic E-state index is -0.426. The first kappa shape index (κ1) is 12.2. The molecule has 1 saturated carbocycles. The fraction of sp³-hybridized carbons (Fsp3) is 0.636. The number of ether oxygens (including phenoxy) is 1. The van der Waals surface area contributed by atoms with E-state index in [1.807, 2.05) is 0 Å². The number of carbonyl (C=O) groups excluding carboxylic acids is 1. The lowest BCUT2D eigenvalue weighted by Gasteiger charge is -2.10. The van der Waals surface area contributed by atoms with Crippen molar-refractivity contribution in [1.82, 2.24) is 4.37 Å². The van der Waals surface area contributed by atoms with Gasteiger partial charge < -0.3 is 15.8 Å². The summed E-state index contributed by atoms with van der Waals surface area (Å²) in [5, 5.41) is 3.99. The Labute approximate surface area is 105 Å². The van der Waals surface area contributed by atoms with E-state index in [4.69, 9.17) is 10.5 Å². The zero-order chi connectivity index (χ0) is 12.3. The second-order valence-corrected chi connectivity index (χ2v) is 5.07. The van der Waals surface area contributed by atoms with Gasteiger partial charge in [-0.3, -0.25) is 0 Å². The lowest BCUT2D eigenvalue weighted by molar-refractivity contribution is 0.0603. The van der Waals surface area contributed by atoms with Gasteiger partial charge >= 0.3 is 5.97 Å². The van der Waals surface area contributed by atoms with Crippen LogP contribution in [0.5, 0.6) is 0 Å². The molecule has 94 valence electrons. The quantitative estimate of drug-likeness (QED) is 0.806. The molecule has 0 saturated heterocycles. The Morgan fingerprint density at radius 2 is 2.29 bits per heavy atom. The van der Waals surface area contributed by atoms with Crippen molar-refractivity contribution in [2.45, 2.75) is 25.7 Å². The highest BCUT2D eigenvalue weighted by atomic mass is 32.1. The average molecular weight is 255 g/mol. The van der Waals surface area contributed by atoms with Crippen molar-refractivity contribution in [3.8, 4) is 0 Å². The van der Waals surface area contributed by atoms with E-state index in [0.717, 1.165) is 11.5 Å². The molecule has 5 nitrogen and oxygen atoms in total. The minimum absolute atomic E-state index is 0.246. The molecular formula is C11H17N3O2S. The number of methoxy groups -OCH3 is 1. The van der Waals surface area contributed by atoms with Gasteiger partial charge in [-0.15, -0.1) is 0 Å². The van der Waals surface area contributed by atoms with E-state index in [2.05, 4.69) is 9.69 Å². The highest BCUT2D eigenvalue weighted by Gasteiger charge is 2.21. The first-order valence-corrected chi connectivity index (χ1v) is 6.57. The number of aromatic nitrogens is 1. The molecule has 3 N–H and O–H groups in total. The van der Waals surface area contributed by atoms with E-state index >= 15 is 0 Å². The number of nitrogens with two attached hydrogens (primary N) is 1. The molecule has 1 aliphatic carbocycles. The number of hydrogen-bond acceptors (Lipinski definition) is 6. The highest BCUT2D eigenvalue weighted by molar-refractivity contribution is 7.11. The number of nitrogens with zero attached hydrogens (tertiary/aromatic N) is 1. The summed E-state index contributed by atoms with van der Waals surface area (Å²) in [4.78, 5) is 11.5. The van der Waals surface area contributed by atoms with Crippen molar-refractivity contribution in [2.75, 3.05) is 24.7 Å². The van der Waals surface area contributed by atoms with Gasteiger partial charge in [0.05, 0.1) is 7.11 Å². The summed E-state index contributed by atoms with van der Waals surface area (Å²) in [7, 11) is 1.35. The summed E-state index contributed by atoms with van der Waals surface area (Å²) in [6, 6.07) is 0. The molecule has 2 rings (SSSR count). The van der Waals surface area contributed by atoms with Crippen LogP contribution in [0.2, 0.25) is 0 Å². The molecule has 0 atom stereocenters. The van der Waals surface area contributed by atoms with Crippen molar-refractivity contribution in [3.05, 3.63) is 5.56 Å². The fourth-order valence-corrected chi connectivity index (χ4v) is 2.88. The van der Waals surface area contributed by atoms with Crippen LogP contribution in [0.15, 0.2) is 0 Å². The molecule has 1 aromatic heterocycles. The standard InChI is InChI=1S/C11H17N3O2S/c1-16-11(15)8-9(12)14-17-10(8)13-6-7-4-2-3-5-7/h7,13H,2-6H2,1H3,(H2,12,14). The molecule has 0 aromatic carbocycles. The molecule has 1 heterocycles. The monoisotopic (exact) mass is 255 g/mol. The molecular weight excluding hydrogens is 238 g/mol. The maximum Gasteiger partial charge on any atom is 0.344 e. The summed E-state index contributed by atoms with van der Waals surface area (Å²) < 4.78 is 8.68. The molecule has 0 unspecified atom stereocenters. The van der Waals surface area contributed by atoms with Gasteiger partial charge in [-0.1, -0.05) is 12.8 Å². The number of nitrogens with one attached hydrogen (secondary N) is 1. The van der Waals surface area contributed by atoms with E-state index in [1.165, 1.54) is 44.3 Å². The van der Waals surface area contributed by atoms with Crippen LogP contribution in [0.3, 0.4) is 0 Å². The average Bonchev–Trinajstić information content (AvgIpc) is 2.95. The molecule has 17 heavy (non-hydrogen) atoms. The smallest absolute Gasteiger partial charge is 0.344 e. The number of hydrogen-bond donors (Lipinski definition) is 2. The summed E-state index contributed by atoms with van der Waals surface area (Å²) in [5.41, 5.74) is 6.03. The predicted molar refractivity (Wildman–Crippen MR) is 68.3 cm³/mol. The molecule has 1 aliphatic rings. The number of rotatable bonds is 4. The highest BCUT2D eigenvalue weighted by Crippen LogP contribution is 2.30. The van der Waals surface area contributed by atoms with Crippen molar-refractivity contribution < 1.29 is 9.53 Å². The lowest BCUT2D eigenvalue weighted by atomic mass is 10.1. The second-order valence-electron chi connectivity index (χ2n) is 4.29. The van der Waals surface area contributed by atoms with Gasteiger partial charge in [-0.25, -0.2) is 4.79 Å². The maximum absolute atomic E-state index is 11.5. The van der Waals surface area contributed by atoms with Crippen LogP contribution in [0.25, 0.3) is 0 Å². The molecule has 1 fully saturated rings. The van der Waals surface area contributed by atoms with Crippen LogP contribution >= 0.6 is 11.5 Å². The molecule has 0 amide bonds. The van der Waals surface area contributed by atoms with Crippen molar-refractivity contribution in [2.24, 2.45) is 5.92 Å². The lowest BCUT2D eigenvalue weighted by Crippen LogP contribution is -2.13. The first-order chi connectivity index (χ1) is 8.22. The van der Waals surface area contributed by atoms with Gasteiger partial charge in [0.25, 0.3) is 0 Å². The van der Waals surface area contributed by atoms with Gasteiger partial charge in [0.2, 0.25) is 0 Å². The van der Waals surface area contributed by atoms with E-state index in [0.29, 0.717) is 11.5 Å². The van der Waals surface area contributed by atoms with Crippen LogP contribution in [0.4, 0.5) is 10.8 Å². The first-order valence-electron chi connectivity index (χ1n) is 5.79. The SMILES string of the molecule is COC(=O)c1c(N)nsc1NCC1CCCC1. The van der Waals surface area contributed by atoms with Crippen LogP contribution in [-0.4, -0.2) is 24.0 Å². The Hall–Kier alpha value is -1.30. The summed E-state index contributed by atoms with van der Waals surface area (Å²) >= 11 is 1.22. The molecule has 0 radical (unpaired) electrons. The van der Waals surface area contributed by atoms with Crippen molar-refractivity contribution in [3.63, 3.8) is 0 Å². The van der Waals surface area contributed by atoms with Crippen molar-refractivity contribution in [1.29, 1.82) is 0 Å². The Morgan fingerprint density at radius 1 is 1.59 bits per heavy atom. The van der Waals surface area contributed by atoms with E-state index in [9.17, 15) is 4.79 Å². The van der Waals surface area contributed by atoms with Crippen LogP contribution in [-0.2, 0) is 4.74 Å². The Bertz CT molecular complexity index is 399. The molecule has 0 bridgehead atoms. The fourth-order valence-electron chi connectivity index (χ4n) is 2.17. The zero-order valence-corrected chi connectivity index (χ0v) is 10.7. The summed E-state index contributed by atoms with van der Waals surface area (Å²) in [6.45, 7) is 0.881. The number of nitrogen functional groups attached to an aromatic ring is 1. The number of carbonyl (C=O) groups is 1. The normalized spacial score (nSPS) is 16.1. The largest absolute Gasteiger partial charge is 0.465 e. The third-order valence-corrected chi connectivity index (χ3v) is 3.95. The molecule has 6 heteroatoms.